The molecule has 2 rings (SSSR count). The van der Waals surface area contributed by atoms with E-state index in [-0.39, 0.29) is 12.2 Å². The van der Waals surface area contributed by atoms with Crippen LogP contribution < -0.4 is 10.5 Å². The fourth-order valence-corrected chi connectivity index (χ4v) is 2.04. The van der Waals surface area contributed by atoms with Crippen molar-refractivity contribution in [3.8, 4) is 0 Å². The van der Waals surface area contributed by atoms with Crippen LogP contribution in [0.2, 0.25) is 0 Å². The number of nitrogens with one attached hydrogen (secondary N) is 1. The lowest BCUT2D eigenvalue weighted by Crippen LogP contribution is -2.33. The van der Waals surface area contributed by atoms with Crippen molar-refractivity contribution in [1.29, 1.82) is 0 Å². The van der Waals surface area contributed by atoms with Crippen LogP contribution in [0.15, 0.2) is 4.79 Å². The smallest absolute Gasteiger partial charge is 0.258 e. The van der Waals surface area contributed by atoms with Gasteiger partial charge in [-0.1, -0.05) is 0 Å². The minimum Gasteiger partial charge on any atom is -0.391 e. The normalized spacial score (nSPS) is 16.5. The Bertz CT molecular complexity index is 422. The van der Waals surface area contributed by atoms with Gasteiger partial charge in [-0.2, -0.15) is 0 Å². The first kappa shape index (κ1) is 11.1. The SMILES string of the molecule is Cc1nc(N2CCCCC2)[nH]c(=O)c1CO. The first-order valence-electron chi connectivity index (χ1n) is 5.68. The van der Waals surface area contributed by atoms with E-state index in [9.17, 15) is 4.79 Å². The van der Waals surface area contributed by atoms with Crippen LogP contribution in [-0.4, -0.2) is 28.2 Å². The molecule has 88 valence electrons. The Morgan fingerprint density at radius 3 is 2.62 bits per heavy atom. The van der Waals surface area contributed by atoms with Gasteiger partial charge in [-0.25, -0.2) is 4.98 Å². The van der Waals surface area contributed by atoms with Crippen molar-refractivity contribution in [2.24, 2.45) is 0 Å². The third-order valence-corrected chi connectivity index (χ3v) is 3.02. The maximum atomic E-state index is 11.7. The zero-order valence-electron chi connectivity index (χ0n) is 9.49. The molecule has 1 fully saturated rings. The molecule has 1 aromatic heterocycles. The molecule has 0 bridgehead atoms. The summed E-state index contributed by atoms with van der Waals surface area (Å²) in [6, 6.07) is 0. The maximum Gasteiger partial charge on any atom is 0.258 e. The Labute approximate surface area is 94.1 Å². The molecule has 5 heteroatoms. The number of aliphatic hydroxyl groups is 1. The van der Waals surface area contributed by atoms with Gasteiger partial charge in [0.2, 0.25) is 5.95 Å². The minimum absolute atomic E-state index is 0.226. The number of hydrogen-bond acceptors (Lipinski definition) is 4. The van der Waals surface area contributed by atoms with E-state index in [0.717, 1.165) is 25.9 Å². The largest absolute Gasteiger partial charge is 0.391 e. The highest BCUT2D eigenvalue weighted by Crippen LogP contribution is 2.15. The predicted octanol–water partition coefficient (Wildman–Crippen LogP) is 0.561. The van der Waals surface area contributed by atoms with Crippen LogP contribution in [0.3, 0.4) is 0 Å². The number of aliphatic hydroxyl groups excluding tert-OH is 1. The van der Waals surface area contributed by atoms with Gasteiger partial charge in [-0.3, -0.25) is 9.78 Å². The predicted molar refractivity (Wildman–Crippen MR) is 61.6 cm³/mol. The molecule has 16 heavy (non-hydrogen) atoms. The van der Waals surface area contributed by atoms with Crippen LogP contribution in [0.1, 0.15) is 30.5 Å². The standard InChI is InChI=1S/C11H17N3O2/c1-8-9(7-15)10(16)13-11(12-8)14-5-3-2-4-6-14/h15H,2-7H2,1H3,(H,12,13,16). The first-order valence-corrected chi connectivity index (χ1v) is 5.68. The summed E-state index contributed by atoms with van der Waals surface area (Å²) >= 11 is 0. The molecular formula is C11H17N3O2. The maximum absolute atomic E-state index is 11.7. The van der Waals surface area contributed by atoms with Gasteiger partial charge in [0.15, 0.2) is 0 Å². The highest BCUT2D eigenvalue weighted by Gasteiger charge is 2.15. The average Bonchev–Trinajstić information content (AvgIpc) is 2.30. The summed E-state index contributed by atoms with van der Waals surface area (Å²) < 4.78 is 0. The number of aromatic amines is 1. The molecule has 1 aliphatic rings. The average molecular weight is 223 g/mol. The summed E-state index contributed by atoms with van der Waals surface area (Å²) in [5, 5.41) is 9.03. The van der Waals surface area contributed by atoms with Crippen LogP contribution in [-0.2, 0) is 6.61 Å². The summed E-state index contributed by atoms with van der Waals surface area (Å²) in [4.78, 5) is 20.8. The number of anilines is 1. The van der Waals surface area contributed by atoms with Gasteiger partial charge in [0.25, 0.3) is 5.56 Å². The summed E-state index contributed by atoms with van der Waals surface area (Å²) in [5.74, 6) is 0.638. The van der Waals surface area contributed by atoms with Crippen molar-refractivity contribution >= 4 is 5.95 Å². The second kappa shape index (κ2) is 4.65. The Kier molecular flexibility index (Phi) is 3.24. The first-order chi connectivity index (χ1) is 7.72. The molecular weight excluding hydrogens is 206 g/mol. The lowest BCUT2D eigenvalue weighted by atomic mass is 10.1. The third kappa shape index (κ3) is 2.09. The third-order valence-electron chi connectivity index (χ3n) is 3.02. The van der Waals surface area contributed by atoms with Gasteiger partial charge in [0.1, 0.15) is 0 Å². The molecule has 1 aliphatic heterocycles. The number of rotatable bonds is 2. The second-order valence-corrected chi connectivity index (χ2v) is 4.16. The lowest BCUT2D eigenvalue weighted by molar-refractivity contribution is 0.278. The molecule has 0 spiro atoms. The van der Waals surface area contributed by atoms with E-state index in [1.54, 1.807) is 6.92 Å². The van der Waals surface area contributed by atoms with E-state index in [0.29, 0.717) is 17.2 Å². The summed E-state index contributed by atoms with van der Waals surface area (Å²) in [5.41, 5.74) is 0.753. The fourth-order valence-electron chi connectivity index (χ4n) is 2.04. The van der Waals surface area contributed by atoms with Crippen LogP contribution in [0, 0.1) is 6.92 Å². The highest BCUT2D eigenvalue weighted by molar-refractivity contribution is 5.33. The van der Waals surface area contributed by atoms with Crippen molar-refractivity contribution in [1.82, 2.24) is 9.97 Å². The van der Waals surface area contributed by atoms with Gasteiger partial charge in [0, 0.05) is 13.1 Å². The van der Waals surface area contributed by atoms with Gasteiger partial charge < -0.3 is 10.0 Å². The summed E-state index contributed by atoms with van der Waals surface area (Å²) in [6.07, 6.45) is 3.53. The van der Waals surface area contributed by atoms with E-state index in [1.165, 1.54) is 6.42 Å². The molecule has 0 aromatic carbocycles. The number of aromatic nitrogens is 2. The topological polar surface area (TPSA) is 69.2 Å². The molecule has 0 saturated carbocycles. The summed E-state index contributed by atoms with van der Waals surface area (Å²) in [6.45, 7) is 3.39. The van der Waals surface area contributed by atoms with E-state index >= 15 is 0 Å². The monoisotopic (exact) mass is 223 g/mol. The molecule has 0 amide bonds. The molecule has 1 aromatic rings. The highest BCUT2D eigenvalue weighted by atomic mass is 16.3. The van der Waals surface area contributed by atoms with Crippen molar-refractivity contribution in [3.63, 3.8) is 0 Å². The molecule has 0 unspecified atom stereocenters. The number of aryl methyl sites for hydroxylation is 1. The van der Waals surface area contributed by atoms with Crippen molar-refractivity contribution < 1.29 is 5.11 Å². The van der Waals surface area contributed by atoms with E-state index in [4.69, 9.17) is 5.11 Å². The Hall–Kier alpha value is -1.36. The van der Waals surface area contributed by atoms with Gasteiger partial charge in [0.05, 0.1) is 17.9 Å². The molecule has 5 nitrogen and oxygen atoms in total. The zero-order valence-corrected chi connectivity index (χ0v) is 9.49. The van der Waals surface area contributed by atoms with Crippen molar-refractivity contribution in [2.45, 2.75) is 32.8 Å². The summed E-state index contributed by atoms with van der Waals surface area (Å²) in [7, 11) is 0. The zero-order chi connectivity index (χ0) is 11.5. The fraction of sp³-hybridized carbons (Fsp3) is 0.636. The molecule has 0 atom stereocenters. The quantitative estimate of drug-likeness (QED) is 0.768. The molecule has 0 aliphatic carbocycles. The lowest BCUT2D eigenvalue weighted by Gasteiger charge is -2.27. The molecule has 2 heterocycles. The number of piperidine rings is 1. The van der Waals surface area contributed by atoms with Crippen LogP contribution in [0.25, 0.3) is 0 Å². The molecule has 0 radical (unpaired) electrons. The van der Waals surface area contributed by atoms with Gasteiger partial charge >= 0.3 is 0 Å². The Balaban J connectivity index is 2.31. The number of nitrogens with zero attached hydrogens (tertiary/aromatic N) is 2. The van der Waals surface area contributed by atoms with Crippen LogP contribution in [0.5, 0.6) is 0 Å². The van der Waals surface area contributed by atoms with Crippen LogP contribution >= 0.6 is 0 Å². The van der Waals surface area contributed by atoms with E-state index < -0.39 is 0 Å². The van der Waals surface area contributed by atoms with Crippen molar-refractivity contribution in [3.05, 3.63) is 21.6 Å². The van der Waals surface area contributed by atoms with E-state index in [1.807, 2.05) is 0 Å². The van der Waals surface area contributed by atoms with E-state index in [2.05, 4.69) is 14.9 Å². The number of hydrogen-bond donors (Lipinski definition) is 2. The number of H-pyrrole nitrogens is 1. The Morgan fingerprint density at radius 1 is 1.38 bits per heavy atom. The van der Waals surface area contributed by atoms with Gasteiger partial charge in [-0.15, -0.1) is 0 Å². The van der Waals surface area contributed by atoms with Gasteiger partial charge in [-0.05, 0) is 26.2 Å². The minimum atomic E-state index is -0.256. The van der Waals surface area contributed by atoms with Crippen molar-refractivity contribution in [2.75, 3.05) is 18.0 Å². The van der Waals surface area contributed by atoms with Crippen LogP contribution in [0.4, 0.5) is 5.95 Å². The molecule has 2 N–H and O–H groups in total. The second-order valence-electron chi connectivity index (χ2n) is 4.16. The molecule has 1 saturated heterocycles. The Morgan fingerprint density at radius 2 is 2.06 bits per heavy atom.